The van der Waals surface area contributed by atoms with E-state index in [-0.39, 0.29) is 0 Å². The van der Waals surface area contributed by atoms with Crippen molar-refractivity contribution >= 4 is 0 Å². The Hall–Kier alpha value is -0.320. The van der Waals surface area contributed by atoms with Crippen LogP contribution in [0.25, 0.3) is 0 Å². The molecular formula is C9H23NO7. The zero-order valence-electron chi connectivity index (χ0n) is 9.66. The molecule has 0 saturated carbocycles. The molecule has 9 N–H and O–H groups in total. The van der Waals surface area contributed by atoms with Crippen LogP contribution in [0, 0.1) is 5.41 Å². The van der Waals surface area contributed by atoms with Gasteiger partial charge >= 0.3 is 0 Å². The summed E-state index contributed by atoms with van der Waals surface area (Å²) in [6.45, 7) is -2.83. The van der Waals surface area contributed by atoms with Gasteiger partial charge in [0.25, 0.3) is 0 Å². The topological polar surface area (TPSA) is 168 Å². The molecule has 0 aliphatic heterocycles. The molecule has 0 aliphatic carbocycles. The molecule has 0 atom stereocenters. The van der Waals surface area contributed by atoms with E-state index in [1.54, 1.807) is 0 Å². The minimum absolute atomic E-state index is 0.403. The van der Waals surface area contributed by atoms with Gasteiger partial charge in [0, 0.05) is 0 Å². The molecule has 0 fully saturated rings. The van der Waals surface area contributed by atoms with Crippen LogP contribution < -0.4 is 5.73 Å². The van der Waals surface area contributed by atoms with Gasteiger partial charge in [0.2, 0.25) is 0 Å². The second-order valence-corrected chi connectivity index (χ2v) is 3.97. The SMILES string of the molecule is NC(CO)(CO)CO.OCC(CO)(CO)CO. The number of hydrogen-bond donors (Lipinski definition) is 8. The standard InChI is InChI=1S/C5H12O4.C4H11NO3/c6-1-5(2-7,3-8)4-9;5-4(1-6,2-7)3-8/h6-9H,1-4H2;6-8H,1-3,5H2. The molecule has 0 aromatic heterocycles. The fraction of sp³-hybridized carbons (Fsp3) is 1.00. The van der Waals surface area contributed by atoms with E-state index in [0.29, 0.717) is 0 Å². The van der Waals surface area contributed by atoms with E-state index in [2.05, 4.69) is 0 Å². The van der Waals surface area contributed by atoms with Gasteiger partial charge in [-0.1, -0.05) is 0 Å². The third kappa shape index (κ3) is 6.86. The average Bonchev–Trinajstić information content (AvgIpc) is 2.42. The van der Waals surface area contributed by atoms with Gasteiger partial charge in [0.15, 0.2) is 0 Å². The van der Waals surface area contributed by atoms with Gasteiger partial charge < -0.3 is 41.5 Å². The van der Waals surface area contributed by atoms with Crippen LogP contribution >= 0.6 is 0 Å². The molecule has 0 bridgehead atoms. The third-order valence-electron chi connectivity index (χ3n) is 2.29. The van der Waals surface area contributed by atoms with Crippen LogP contribution in [0.2, 0.25) is 0 Å². The van der Waals surface area contributed by atoms with Gasteiger partial charge in [-0.3, -0.25) is 0 Å². The van der Waals surface area contributed by atoms with Crippen molar-refractivity contribution in [2.75, 3.05) is 46.2 Å². The van der Waals surface area contributed by atoms with Crippen molar-refractivity contribution in [2.24, 2.45) is 11.1 Å². The summed E-state index contributed by atoms with van der Waals surface area (Å²) < 4.78 is 0. The molecule has 17 heavy (non-hydrogen) atoms. The fourth-order valence-corrected chi connectivity index (χ4v) is 0.450. The van der Waals surface area contributed by atoms with Crippen molar-refractivity contribution in [3.8, 4) is 0 Å². The van der Waals surface area contributed by atoms with Crippen LogP contribution in [0.1, 0.15) is 0 Å². The second-order valence-electron chi connectivity index (χ2n) is 3.97. The lowest BCUT2D eigenvalue weighted by atomic mass is 9.93. The molecule has 0 amide bonds. The van der Waals surface area contributed by atoms with Crippen molar-refractivity contribution in [1.29, 1.82) is 0 Å². The van der Waals surface area contributed by atoms with Gasteiger partial charge in [-0.25, -0.2) is 0 Å². The highest BCUT2D eigenvalue weighted by Gasteiger charge is 2.26. The number of hydrogen-bond acceptors (Lipinski definition) is 8. The second kappa shape index (κ2) is 9.68. The lowest BCUT2D eigenvalue weighted by molar-refractivity contribution is -0.0328. The molecule has 0 heterocycles. The van der Waals surface area contributed by atoms with Crippen LogP contribution in [0.5, 0.6) is 0 Å². The lowest BCUT2D eigenvalue weighted by Crippen LogP contribution is -2.50. The number of aliphatic hydroxyl groups excluding tert-OH is 7. The molecule has 8 heteroatoms. The van der Waals surface area contributed by atoms with Crippen LogP contribution in [0.15, 0.2) is 0 Å². The minimum atomic E-state index is -1.21. The smallest absolute Gasteiger partial charge is 0.0856 e. The van der Waals surface area contributed by atoms with Crippen LogP contribution in [0.3, 0.4) is 0 Å². The molecule has 0 unspecified atom stereocenters. The Labute approximate surface area is 99.6 Å². The third-order valence-corrected chi connectivity index (χ3v) is 2.29. The van der Waals surface area contributed by atoms with Gasteiger partial charge in [-0.2, -0.15) is 0 Å². The highest BCUT2D eigenvalue weighted by atomic mass is 16.3. The van der Waals surface area contributed by atoms with E-state index in [1.807, 2.05) is 0 Å². The highest BCUT2D eigenvalue weighted by molar-refractivity contribution is 4.80. The van der Waals surface area contributed by atoms with Crippen LogP contribution in [-0.4, -0.2) is 87.5 Å². The average molecular weight is 257 g/mol. The van der Waals surface area contributed by atoms with E-state index in [0.717, 1.165) is 0 Å². The predicted molar refractivity (Wildman–Crippen MR) is 59.0 cm³/mol. The molecule has 0 spiro atoms. The molecule has 0 aromatic carbocycles. The van der Waals surface area contributed by atoms with E-state index in [4.69, 9.17) is 41.5 Å². The Bertz CT molecular complexity index is 145. The Morgan fingerprint density at radius 3 is 0.765 bits per heavy atom. The predicted octanol–water partition coefficient (Wildman–Crippen LogP) is -4.40. The summed E-state index contributed by atoms with van der Waals surface area (Å²) in [5.74, 6) is 0. The zero-order valence-corrected chi connectivity index (χ0v) is 9.66. The summed E-state index contributed by atoms with van der Waals surface area (Å²) in [5, 5.41) is 59.0. The number of aliphatic hydroxyl groups is 7. The van der Waals surface area contributed by atoms with Gasteiger partial charge in [0.05, 0.1) is 57.2 Å². The van der Waals surface area contributed by atoms with E-state index in [9.17, 15) is 0 Å². The minimum Gasteiger partial charge on any atom is -0.396 e. The number of nitrogens with two attached hydrogens (primary N) is 1. The maximum absolute atomic E-state index is 8.50. The molecule has 0 aromatic rings. The normalized spacial score (nSPS) is 12.0. The van der Waals surface area contributed by atoms with Gasteiger partial charge in [0.1, 0.15) is 0 Å². The highest BCUT2D eigenvalue weighted by Crippen LogP contribution is 2.11. The van der Waals surface area contributed by atoms with Crippen LogP contribution in [-0.2, 0) is 0 Å². The first-order valence-electron chi connectivity index (χ1n) is 4.98. The van der Waals surface area contributed by atoms with E-state index < -0.39 is 57.2 Å². The summed E-state index contributed by atoms with van der Waals surface area (Å²) >= 11 is 0. The van der Waals surface area contributed by atoms with Gasteiger partial charge in [-0.15, -0.1) is 0 Å². The first-order valence-corrected chi connectivity index (χ1v) is 4.98. The Balaban J connectivity index is 0. The zero-order chi connectivity index (χ0) is 13.9. The Kier molecular flexibility index (Phi) is 10.8. The molecule has 0 saturated heterocycles. The van der Waals surface area contributed by atoms with Crippen molar-refractivity contribution in [1.82, 2.24) is 0 Å². The molecule has 0 rings (SSSR count). The molecular weight excluding hydrogens is 234 g/mol. The Morgan fingerprint density at radius 2 is 0.765 bits per heavy atom. The van der Waals surface area contributed by atoms with Gasteiger partial charge in [-0.05, 0) is 0 Å². The fourth-order valence-electron chi connectivity index (χ4n) is 0.450. The van der Waals surface area contributed by atoms with Crippen molar-refractivity contribution in [3.63, 3.8) is 0 Å². The largest absolute Gasteiger partial charge is 0.396 e. The molecule has 0 aliphatic rings. The van der Waals surface area contributed by atoms with E-state index >= 15 is 0 Å². The summed E-state index contributed by atoms with van der Waals surface area (Å²) in [6, 6.07) is 0. The van der Waals surface area contributed by atoms with Crippen molar-refractivity contribution < 1.29 is 35.7 Å². The summed E-state index contributed by atoms with van der Waals surface area (Å²) in [6.07, 6.45) is 0. The first-order chi connectivity index (χ1) is 7.92. The van der Waals surface area contributed by atoms with E-state index in [1.165, 1.54) is 0 Å². The molecule has 8 nitrogen and oxygen atoms in total. The monoisotopic (exact) mass is 257 g/mol. The Morgan fingerprint density at radius 1 is 0.529 bits per heavy atom. The number of rotatable bonds is 7. The lowest BCUT2D eigenvalue weighted by Gasteiger charge is -2.23. The maximum Gasteiger partial charge on any atom is 0.0856 e. The summed E-state index contributed by atoms with van der Waals surface area (Å²) in [5.41, 5.74) is 2.83. The molecule has 0 radical (unpaired) electrons. The first kappa shape index (κ1) is 19.0. The molecule has 106 valence electrons. The quantitative estimate of drug-likeness (QED) is 0.226. The maximum atomic E-state index is 8.50. The summed E-state index contributed by atoms with van der Waals surface area (Å²) in [7, 11) is 0. The van der Waals surface area contributed by atoms with Crippen molar-refractivity contribution in [2.45, 2.75) is 5.54 Å². The summed E-state index contributed by atoms with van der Waals surface area (Å²) in [4.78, 5) is 0. The van der Waals surface area contributed by atoms with Crippen molar-refractivity contribution in [3.05, 3.63) is 0 Å². The van der Waals surface area contributed by atoms with Crippen LogP contribution in [0.4, 0.5) is 0 Å².